The van der Waals surface area contributed by atoms with Gasteiger partial charge in [0, 0.05) is 0 Å². The van der Waals surface area contributed by atoms with Gasteiger partial charge in [0.1, 0.15) is 10.1 Å². The van der Waals surface area contributed by atoms with Gasteiger partial charge in [-0.1, -0.05) is 12.1 Å². The van der Waals surface area contributed by atoms with E-state index < -0.39 is 16.0 Å². The van der Waals surface area contributed by atoms with Crippen LogP contribution >= 0.6 is 11.8 Å². The second kappa shape index (κ2) is 4.56. The Balaban J connectivity index is 2.27. The maximum absolute atomic E-state index is 11.3. The number of thioether (sulfide) groups is 1. The fourth-order valence-corrected chi connectivity index (χ4v) is 2.46. The Hall–Kier alpha value is -1.64. The maximum Gasteiger partial charge on any atom is 0.286 e. The molecule has 1 aromatic carbocycles. The SMILES string of the molecule is NC1=NC(=O)/C(=C\c2ccc(S(=O)(=O)[O-])cc2)S1. The number of benzene rings is 1. The minimum Gasteiger partial charge on any atom is -0.744 e. The smallest absolute Gasteiger partial charge is 0.286 e. The number of hydrogen-bond donors (Lipinski definition) is 1. The van der Waals surface area contributed by atoms with E-state index in [2.05, 4.69) is 4.99 Å². The molecule has 1 aliphatic heterocycles. The molecular weight excluding hydrogens is 276 g/mol. The molecule has 1 amide bonds. The molecule has 0 spiro atoms. The highest BCUT2D eigenvalue weighted by Gasteiger charge is 2.19. The molecule has 0 bridgehead atoms. The number of carbonyl (C=O) groups excluding carboxylic acids is 1. The zero-order valence-electron chi connectivity index (χ0n) is 8.86. The quantitative estimate of drug-likeness (QED) is 0.625. The number of amidine groups is 1. The number of nitrogens with zero attached hydrogens (tertiary/aromatic N) is 1. The largest absolute Gasteiger partial charge is 0.744 e. The van der Waals surface area contributed by atoms with Crippen LogP contribution in [0.1, 0.15) is 5.56 Å². The second-order valence-corrected chi connectivity index (χ2v) is 5.83. The summed E-state index contributed by atoms with van der Waals surface area (Å²) in [4.78, 5) is 14.9. The average Bonchev–Trinajstić information content (AvgIpc) is 2.57. The van der Waals surface area contributed by atoms with E-state index >= 15 is 0 Å². The molecule has 94 valence electrons. The van der Waals surface area contributed by atoms with E-state index in [9.17, 15) is 17.8 Å². The molecule has 0 saturated carbocycles. The van der Waals surface area contributed by atoms with Crippen LogP contribution in [0.2, 0.25) is 0 Å². The number of nitrogens with two attached hydrogens (primary N) is 1. The first-order valence-electron chi connectivity index (χ1n) is 4.70. The van der Waals surface area contributed by atoms with Crippen molar-refractivity contribution in [3.05, 3.63) is 34.7 Å². The van der Waals surface area contributed by atoms with Gasteiger partial charge in [0.2, 0.25) is 0 Å². The molecule has 1 heterocycles. The summed E-state index contributed by atoms with van der Waals surface area (Å²) in [6, 6.07) is 5.23. The first-order chi connectivity index (χ1) is 8.36. The van der Waals surface area contributed by atoms with Crippen LogP contribution in [0.4, 0.5) is 0 Å². The van der Waals surface area contributed by atoms with E-state index in [1.54, 1.807) is 0 Å². The normalized spacial score (nSPS) is 18.2. The molecule has 6 nitrogen and oxygen atoms in total. The van der Waals surface area contributed by atoms with Crippen molar-refractivity contribution in [1.82, 2.24) is 0 Å². The lowest BCUT2D eigenvalue weighted by atomic mass is 10.2. The van der Waals surface area contributed by atoms with E-state index in [4.69, 9.17) is 5.73 Å². The van der Waals surface area contributed by atoms with E-state index in [1.165, 1.54) is 30.3 Å². The fraction of sp³-hybridized carbons (Fsp3) is 0. The zero-order valence-corrected chi connectivity index (χ0v) is 10.5. The Labute approximate surface area is 107 Å². The van der Waals surface area contributed by atoms with Gasteiger partial charge in [0.25, 0.3) is 5.91 Å². The Morgan fingerprint density at radius 2 is 1.89 bits per heavy atom. The van der Waals surface area contributed by atoms with Crippen molar-refractivity contribution >= 4 is 39.0 Å². The van der Waals surface area contributed by atoms with Crippen molar-refractivity contribution in [2.45, 2.75) is 4.90 Å². The van der Waals surface area contributed by atoms with Crippen LogP contribution in [-0.2, 0) is 14.9 Å². The van der Waals surface area contributed by atoms with Gasteiger partial charge in [-0.15, -0.1) is 0 Å². The third-order valence-electron chi connectivity index (χ3n) is 2.10. The number of aliphatic imine (C=N–C) groups is 1. The summed E-state index contributed by atoms with van der Waals surface area (Å²) in [6.07, 6.45) is 1.53. The van der Waals surface area contributed by atoms with Gasteiger partial charge in [0.05, 0.1) is 9.80 Å². The maximum atomic E-state index is 11.3. The lowest BCUT2D eigenvalue weighted by Gasteiger charge is -2.06. The summed E-state index contributed by atoms with van der Waals surface area (Å²) >= 11 is 1.04. The number of rotatable bonds is 2. The highest BCUT2D eigenvalue weighted by Crippen LogP contribution is 2.26. The van der Waals surface area contributed by atoms with Gasteiger partial charge in [-0.2, -0.15) is 4.99 Å². The van der Waals surface area contributed by atoms with Crippen LogP contribution < -0.4 is 5.73 Å². The third-order valence-corrected chi connectivity index (χ3v) is 3.77. The Morgan fingerprint density at radius 1 is 1.28 bits per heavy atom. The van der Waals surface area contributed by atoms with Crippen molar-refractivity contribution in [3.8, 4) is 0 Å². The summed E-state index contributed by atoms with van der Waals surface area (Å²) in [5, 5.41) is 0.171. The highest BCUT2D eigenvalue weighted by atomic mass is 32.2. The van der Waals surface area contributed by atoms with Crippen LogP contribution in [0.25, 0.3) is 6.08 Å². The molecule has 0 saturated heterocycles. The summed E-state index contributed by atoms with van der Waals surface area (Å²) in [7, 11) is -4.45. The molecule has 1 aromatic rings. The monoisotopic (exact) mass is 283 g/mol. The molecule has 0 unspecified atom stereocenters. The van der Waals surface area contributed by atoms with Crippen molar-refractivity contribution in [3.63, 3.8) is 0 Å². The topological polar surface area (TPSA) is 113 Å². The zero-order chi connectivity index (χ0) is 13.3. The summed E-state index contributed by atoms with van der Waals surface area (Å²) < 4.78 is 32.2. The van der Waals surface area contributed by atoms with Crippen LogP contribution in [0.5, 0.6) is 0 Å². The number of hydrogen-bond acceptors (Lipinski definition) is 6. The molecule has 0 radical (unpaired) electrons. The number of amides is 1. The molecule has 1 aliphatic rings. The average molecular weight is 283 g/mol. The first kappa shape index (κ1) is 12.8. The Bertz CT molecular complexity index is 660. The van der Waals surface area contributed by atoms with Crippen LogP contribution in [0, 0.1) is 0 Å². The van der Waals surface area contributed by atoms with Crippen molar-refractivity contribution in [2.24, 2.45) is 10.7 Å². The summed E-state index contributed by atoms with van der Waals surface area (Å²) in [5.74, 6) is -0.432. The molecule has 0 atom stereocenters. The Morgan fingerprint density at radius 3 is 2.33 bits per heavy atom. The minimum atomic E-state index is -4.45. The fourth-order valence-electron chi connectivity index (χ4n) is 1.31. The van der Waals surface area contributed by atoms with Crippen LogP contribution in [0.15, 0.2) is 39.1 Å². The van der Waals surface area contributed by atoms with Gasteiger partial charge in [0.15, 0.2) is 5.17 Å². The standard InChI is InChI=1S/C10H8N2O4S2/c11-10-12-9(13)8(17-10)5-6-1-3-7(4-2-6)18(14,15)16/h1-5H,(H2,11,12,13)(H,14,15,16)/p-1/b8-5+. The first-order valence-corrected chi connectivity index (χ1v) is 6.93. The minimum absolute atomic E-state index is 0.171. The van der Waals surface area contributed by atoms with E-state index in [-0.39, 0.29) is 10.1 Å². The molecule has 2 N–H and O–H groups in total. The van der Waals surface area contributed by atoms with Gasteiger partial charge < -0.3 is 10.3 Å². The molecule has 0 aliphatic carbocycles. The van der Waals surface area contributed by atoms with Crippen molar-refractivity contribution < 1.29 is 17.8 Å². The molecule has 18 heavy (non-hydrogen) atoms. The lowest BCUT2D eigenvalue weighted by Crippen LogP contribution is -2.01. The predicted molar refractivity (Wildman–Crippen MR) is 66.6 cm³/mol. The van der Waals surface area contributed by atoms with Gasteiger partial charge in [-0.3, -0.25) is 4.79 Å². The second-order valence-electron chi connectivity index (χ2n) is 3.39. The summed E-state index contributed by atoms with van der Waals surface area (Å²) in [5.41, 5.74) is 5.97. The molecule has 0 fully saturated rings. The van der Waals surface area contributed by atoms with E-state index in [0.717, 1.165) is 11.8 Å². The van der Waals surface area contributed by atoms with Crippen molar-refractivity contribution in [1.29, 1.82) is 0 Å². The Kier molecular flexibility index (Phi) is 3.24. The highest BCUT2D eigenvalue weighted by molar-refractivity contribution is 8.18. The van der Waals surface area contributed by atoms with Gasteiger partial charge in [-0.25, -0.2) is 8.42 Å². The van der Waals surface area contributed by atoms with Crippen LogP contribution in [-0.4, -0.2) is 24.0 Å². The molecule has 2 rings (SSSR count). The van der Waals surface area contributed by atoms with Crippen LogP contribution in [0.3, 0.4) is 0 Å². The third kappa shape index (κ3) is 2.78. The molecule has 8 heteroatoms. The van der Waals surface area contributed by atoms with Crippen molar-refractivity contribution in [2.75, 3.05) is 0 Å². The van der Waals surface area contributed by atoms with E-state index in [1.807, 2.05) is 0 Å². The van der Waals surface area contributed by atoms with Gasteiger partial charge >= 0.3 is 0 Å². The number of carbonyl (C=O) groups is 1. The summed E-state index contributed by atoms with van der Waals surface area (Å²) in [6.45, 7) is 0. The van der Waals surface area contributed by atoms with E-state index in [0.29, 0.717) is 10.5 Å². The van der Waals surface area contributed by atoms with Gasteiger partial charge in [-0.05, 0) is 35.5 Å². The lowest BCUT2D eigenvalue weighted by molar-refractivity contribution is -0.113. The molecule has 0 aromatic heterocycles. The molecular formula is C10H7N2O4S2-. The predicted octanol–water partition coefficient (Wildman–Crippen LogP) is 0.520.